The van der Waals surface area contributed by atoms with E-state index in [1.165, 1.54) is 16.5 Å². The Labute approximate surface area is 168 Å². The minimum absolute atomic E-state index is 0.0457. The predicted octanol–water partition coefficient (Wildman–Crippen LogP) is 3.86. The van der Waals surface area contributed by atoms with Crippen molar-refractivity contribution < 1.29 is 4.79 Å². The average Bonchev–Trinajstić information content (AvgIpc) is 3.36. The topological polar surface area (TPSA) is 62.7 Å². The summed E-state index contributed by atoms with van der Waals surface area (Å²) in [5.74, 6) is 0.451. The zero-order valence-electron chi connectivity index (χ0n) is 15.5. The fourth-order valence-corrected chi connectivity index (χ4v) is 4.11. The standard InChI is InChI=1S/C22H22N4OS/c27-22(24-11-10-18-12-23-16-25-18)15-28-21-14-26(13-17-6-2-1-3-7-17)20-9-5-4-8-19(20)21/h1-9,12,14,16H,10-11,13,15H2,(H,23,25)(H,24,27). The summed E-state index contributed by atoms with van der Waals surface area (Å²) in [5, 5.41) is 4.16. The van der Waals surface area contributed by atoms with E-state index in [-0.39, 0.29) is 5.91 Å². The number of carbonyl (C=O) groups excluding carboxylic acids is 1. The third-order valence-corrected chi connectivity index (χ3v) is 5.62. The molecule has 0 aliphatic heterocycles. The monoisotopic (exact) mass is 390 g/mol. The Kier molecular flexibility index (Phi) is 5.77. The van der Waals surface area contributed by atoms with Gasteiger partial charge in [-0.15, -0.1) is 11.8 Å². The lowest BCUT2D eigenvalue weighted by Crippen LogP contribution is -2.27. The van der Waals surface area contributed by atoms with E-state index < -0.39 is 0 Å². The molecule has 0 atom stereocenters. The number of aromatic nitrogens is 3. The minimum atomic E-state index is 0.0457. The minimum Gasteiger partial charge on any atom is -0.355 e. The van der Waals surface area contributed by atoms with E-state index in [2.05, 4.69) is 68.5 Å². The van der Waals surface area contributed by atoms with Crippen molar-refractivity contribution in [2.45, 2.75) is 17.9 Å². The van der Waals surface area contributed by atoms with Crippen LogP contribution in [-0.2, 0) is 17.8 Å². The maximum atomic E-state index is 12.2. The normalized spacial score (nSPS) is 11.0. The molecule has 6 heteroatoms. The van der Waals surface area contributed by atoms with Gasteiger partial charge in [-0.25, -0.2) is 4.98 Å². The zero-order chi connectivity index (χ0) is 19.2. The highest BCUT2D eigenvalue weighted by molar-refractivity contribution is 8.00. The second-order valence-electron chi connectivity index (χ2n) is 6.59. The van der Waals surface area contributed by atoms with Crippen molar-refractivity contribution in [3.05, 3.63) is 84.6 Å². The first kappa shape index (κ1) is 18.4. The smallest absolute Gasteiger partial charge is 0.230 e. The number of nitrogens with one attached hydrogen (secondary N) is 2. The molecule has 2 heterocycles. The molecule has 0 radical (unpaired) electrons. The Morgan fingerprint density at radius 2 is 1.93 bits per heavy atom. The molecule has 5 nitrogen and oxygen atoms in total. The second-order valence-corrected chi connectivity index (χ2v) is 7.61. The fourth-order valence-electron chi connectivity index (χ4n) is 3.19. The first-order chi connectivity index (χ1) is 13.8. The summed E-state index contributed by atoms with van der Waals surface area (Å²) < 4.78 is 2.25. The van der Waals surface area contributed by atoms with Gasteiger partial charge in [0.15, 0.2) is 0 Å². The van der Waals surface area contributed by atoms with Gasteiger partial charge in [0, 0.05) is 53.4 Å². The van der Waals surface area contributed by atoms with Crippen molar-refractivity contribution in [2.75, 3.05) is 12.3 Å². The van der Waals surface area contributed by atoms with E-state index in [4.69, 9.17) is 0 Å². The molecule has 2 aromatic heterocycles. The highest BCUT2D eigenvalue weighted by atomic mass is 32.2. The molecule has 2 aromatic carbocycles. The number of para-hydroxylation sites is 1. The van der Waals surface area contributed by atoms with Gasteiger partial charge in [-0.3, -0.25) is 4.79 Å². The zero-order valence-corrected chi connectivity index (χ0v) is 16.3. The first-order valence-corrected chi connectivity index (χ1v) is 10.3. The molecule has 0 aliphatic rings. The van der Waals surface area contributed by atoms with Crippen molar-refractivity contribution in [2.24, 2.45) is 0 Å². The van der Waals surface area contributed by atoms with Crippen molar-refractivity contribution in [3.8, 4) is 0 Å². The van der Waals surface area contributed by atoms with Crippen LogP contribution in [0.1, 0.15) is 11.3 Å². The van der Waals surface area contributed by atoms with E-state index in [0.717, 1.165) is 23.6 Å². The average molecular weight is 391 g/mol. The highest BCUT2D eigenvalue weighted by Crippen LogP contribution is 2.30. The van der Waals surface area contributed by atoms with E-state index in [9.17, 15) is 4.79 Å². The van der Waals surface area contributed by atoms with Crippen LogP contribution in [0, 0.1) is 0 Å². The number of nitrogens with zero attached hydrogens (tertiary/aromatic N) is 2. The molecule has 0 aliphatic carbocycles. The van der Waals surface area contributed by atoms with Crippen LogP contribution >= 0.6 is 11.8 Å². The summed E-state index contributed by atoms with van der Waals surface area (Å²) in [6.45, 7) is 1.43. The molecular weight excluding hydrogens is 368 g/mol. The maximum absolute atomic E-state index is 12.2. The van der Waals surface area contributed by atoms with Crippen LogP contribution < -0.4 is 5.32 Å². The summed E-state index contributed by atoms with van der Waals surface area (Å²) in [6.07, 6.45) is 6.34. The molecule has 0 saturated carbocycles. The third-order valence-electron chi connectivity index (χ3n) is 4.58. The summed E-state index contributed by atoms with van der Waals surface area (Å²) in [6, 6.07) is 18.8. The van der Waals surface area contributed by atoms with Gasteiger partial charge in [0.1, 0.15) is 0 Å². The van der Waals surface area contributed by atoms with Gasteiger partial charge in [-0.2, -0.15) is 0 Å². The molecule has 4 aromatic rings. The van der Waals surface area contributed by atoms with E-state index >= 15 is 0 Å². The predicted molar refractivity (Wildman–Crippen MR) is 114 cm³/mol. The van der Waals surface area contributed by atoms with Gasteiger partial charge in [0.25, 0.3) is 0 Å². The number of hydrogen-bond donors (Lipinski definition) is 2. The number of aromatic amines is 1. The van der Waals surface area contributed by atoms with Crippen LogP contribution in [0.4, 0.5) is 0 Å². The number of hydrogen-bond acceptors (Lipinski definition) is 3. The lowest BCUT2D eigenvalue weighted by Gasteiger charge is -2.05. The number of imidazole rings is 1. The van der Waals surface area contributed by atoms with Crippen LogP contribution in [0.3, 0.4) is 0 Å². The van der Waals surface area contributed by atoms with E-state index in [1.807, 2.05) is 12.1 Å². The van der Waals surface area contributed by atoms with Crippen LogP contribution in [0.15, 0.2) is 78.2 Å². The molecule has 2 N–H and O–H groups in total. The molecule has 0 unspecified atom stereocenters. The third kappa shape index (κ3) is 4.46. The lowest BCUT2D eigenvalue weighted by atomic mass is 10.2. The molecule has 4 rings (SSSR count). The number of benzene rings is 2. The van der Waals surface area contributed by atoms with Gasteiger partial charge in [-0.05, 0) is 11.6 Å². The van der Waals surface area contributed by atoms with Gasteiger partial charge in [0.2, 0.25) is 5.91 Å². The van der Waals surface area contributed by atoms with Crippen LogP contribution in [0.5, 0.6) is 0 Å². The van der Waals surface area contributed by atoms with Crippen molar-refractivity contribution >= 4 is 28.6 Å². The number of rotatable bonds is 8. The summed E-state index contributed by atoms with van der Waals surface area (Å²) in [7, 11) is 0. The second kappa shape index (κ2) is 8.80. The number of thioether (sulfide) groups is 1. The highest BCUT2D eigenvalue weighted by Gasteiger charge is 2.11. The SMILES string of the molecule is O=C(CSc1cn(Cc2ccccc2)c2ccccc12)NCCc1cnc[nH]1. The Bertz CT molecular complexity index is 1040. The largest absolute Gasteiger partial charge is 0.355 e. The molecule has 28 heavy (non-hydrogen) atoms. The molecular formula is C22H22N4OS. The maximum Gasteiger partial charge on any atom is 0.230 e. The van der Waals surface area contributed by atoms with Crippen molar-refractivity contribution in [3.63, 3.8) is 0 Å². The lowest BCUT2D eigenvalue weighted by molar-refractivity contribution is -0.118. The Hall–Kier alpha value is -2.99. The van der Waals surface area contributed by atoms with E-state index in [0.29, 0.717) is 12.3 Å². The number of H-pyrrole nitrogens is 1. The molecule has 0 fully saturated rings. The summed E-state index contributed by atoms with van der Waals surface area (Å²) in [4.78, 5) is 20.4. The Balaban J connectivity index is 1.40. The number of carbonyl (C=O) groups is 1. The molecule has 0 saturated heterocycles. The van der Waals surface area contributed by atoms with E-state index in [1.54, 1.807) is 24.3 Å². The molecule has 0 spiro atoms. The molecule has 1 amide bonds. The number of amides is 1. The quantitative estimate of drug-likeness (QED) is 0.449. The summed E-state index contributed by atoms with van der Waals surface area (Å²) >= 11 is 1.58. The van der Waals surface area contributed by atoms with Crippen LogP contribution in [0.25, 0.3) is 10.9 Å². The summed E-state index contributed by atoms with van der Waals surface area (Å²) in [5.41, 5.74) is 3.47. The molecule has 142 valence electrons. The molecule has 0 bridgehead atoms. The van der Waals surface area contributed by atoms with Gasteiger partial charge >= 0.3 is 0 Å². The van der Waals surface area contributed by atoms with Crippen LogP contribution in [-0.4, -0.2) is 32.7 Å². The van der Waals surface area contributed by atoms with Gasteiger partial charge < -0.3 is 14.9 Å². The van der Waals surface area contributed by atoms with Crippen molar-refractivity contribution in [1.29, 1.82) is 0 Å². The fraction of sp³-hybridized carbons (Fsp3) is 0.182. The van der Waals surface area contributed by atoms with Crippen LogP contribution in [0.2, 0.25) is 0 Å². The van der Waals surface area contributed by atoms with Gasteiger partial charge in [0.05, 0.1) is 12.1 Å². The van der Waals surface area contributed by atoms with Crippen molar-refractivity contribution in [1.82, 2.24) is 19.9 Å². The number of fused-ring (bicyclic) bond motifs is 1. The first-order valence-electron chi connectivity index (χ1n) is 9.28. The van der Waals surface area contributed by atoms with Gasteiger partial charge in [-0.1, -0.05) is 48.5 Å². The Morgan fingerprint density at radius 1 is 1.11 bits per heavy atom. The Morgan fingerprint density at radius 3 is 2.75 bits per heavy atom.